The number of carboxylic acids is 1. The Bertz CT molecular complexity index is 855. The van der Waals surface area contributed by atoms with Gasteiger partial charge in [0, 0.05) is 23.4 Å². The molecule has 2 aromatic rings. The van der Waals surface area contributed by atoms with E-state index in [9.17, 15) is 14.4 Å². The van der Waals surface area contributed by atoms with E-state index >= 15 is 0 Å². The van der Waals surface area contributed by atoms with Crippen LogP contribution in [0.2, 0.25) is 0 Å². The van der Waals surface area contributed by atoms with Crippen LogP contribution >= 0.6 is 0 Å². The number of benzene rings is 1. The molecule has 134 valence electrons. The molecule has 2 N–H and O–H groups in total. The average molecular weight is 347 g/mol. The molecule has 0 aliphatic heterocycles. The van der Waals surface area contributed by atoms with Crippen molar-refractivity contribution in [2.24, 2.45) is 0 Å². The monoisotopic (exact) mass is 347 g/mol. The SMILES string of the molecule is CC[C@@H](NC(=O)CCc1c(C)c2ccc(OC)cc2oc1=O)C(=O)O. The van der Waals surface area contributed by atoms with E-state index in [1.165, 1.54) is 7.11 Å². The summed E-state index contributed by atoms with van der Waals surface area (Å²) in [5, 5.41) is 12.2. The van der Waals surface area contributed by atoms with Gasteiger partial charge in [-0.25, -0.2) is 9.59 Å². The fourth-order valence-corrected chi connectivity index (χ4v) is 2.63. The number of nitrogens with one attached hydrogen (secondary N) is 1. The van der Waals surface area contributed by atoms with E-state index in [-0.39, 0.29) is 12.8 Å². The molecule has 0 saturated carbocycles. The highest BCUT2D eigenvalue weighted by Gasteiger charge is 2.18. The lowest BCUT2D eigenvalue weighted by Gasteiger charge is -2.12. The molecule has 0 bridgehead atoms. The first kappa shape index (κ1) is 18.5. The number of carbonyl (C=O) groups excluding carboxylic acids is 1. The third kappa shape index (κ3) is 4.17. The Kier molecular flexibility index (Phi) is 5.80. The molecule has 0 saturated heterocycles. The summed E-state index contributed by atoms with van der Waals surface area (Å²) < 4.78 is 10.4. The fraction of sp³-hybridized carbons (Fsp3) is 0.389. The second kappa shape index (κ2) is 7.83. The van der Waals surface area contributed by atoms with Crippen molar-refractivity contribution in [3.63, 3.8) is 0 Å². The Morgan fingerprint density at radius 3 is 2.68 bits per heavy atom. The predicted octanol–water partition coefficient (Wildman–Crippen LogP) is 2.02. The van der Waals surface area contributed by atoms with Crippen LogP contribution in [-0.2, 0) is 16.0 Å². The summed E-state index contributed by atoms with van der Waals surface area (Å²) in [7, 11) is 1.53. The third-order valence-electron chi connectivity index (χ3n) is 4.14. The zero-order valence-corrected chi connectivity index (χ0v) is 14.4. The maximum atomic E-state index is 12.2. The van der Waals surface area contributed by atoms with Gasteiger partial charge in [-0.15, -0.1) is 0 Å². The van der Waals surface area contributed by atoms with Gasteiger partial charge < -0.3 is 19.6 Å². The van der Waals surface area contributed by atoms with Crippen LogP contribution in [0.3, 0.4) is 0 Å². The summed E-state index contributed by atoms with van der Waals surface area (Å²) in [6.45, 7) is 3.47. The molecule has 25 heavy (non-hydrogen) atoms. The zero-order chi connectivity index (χ0) is 18.6. The van der Waals surface area contributed by atoms with E-state index in [2.05, 4.69) is 5.32 Å². The minimum absolute atomic E-state index is 0.0110. The summed E-state index contributed by atoms with van der Waals surface area (Å²) >= 11 is 0. The maximum Gasteiger partial charge on any atom is 0.339 e. The van der Waals surface area contributed by atoms with E-state index < -0.39 is 23.5 Å². The van der Waals surface area contributed by atoms with Gasteiger partial charge in [0.2, 0.25) is 5.91 Å². The first-order chi connectivity index (χ1) is 11.9. The molecule has 1 heterocycles. The third-order valence-corrected chi connectivity index (χ3v) is 4.14. The number of fused-ring (bicyclic) bond motifs is 1. The van der Waals surface area contributed by atoms with Crippen LogP contribution in [0.4, 0.5) is 0 Å². The summed E-state index contributed by atoms with van der Waals surface area (Å²) in [6, 6.07) is 4.28. The van der Waals surface area contributed by atoms with Crippen LogP contribution in [0.15, 0.2) is 27.4 Å². The van der Waals surface area contributed by atoms with Crippen molar-refractivity contribution in [3.8, 4) is 5.75 Å². The Balaban J connectivity index is 2.20. The van der Waals surface area contributed by atoms with Gasteiger partial charge in [0.05, 0.1) is 7.11 Å². The molecule has 0 fully saturated rings. The van der Waals surface area contributed by atoms with Crippen molar-refractivity contribution in [2.45, 2.75) is 39.2 Å². The molecule has 2 rings (SSSR count). The van der Waals surface area contributed by atoms with Crippen LogP contribution in [-0.4, -0.2) is 30.1 Å². The number of aliphatic carboxylic acids is 1. The van der Waals surface area contributed by atoms with Crippen LogP contribution < -0.4 is 15.7 Å². The molecule has 1 aromatic heterocycles. The van der Waals surface area contributed by atoms with E-state index in [1.807, 2.05) is 0 Å². The number of amides is 1. The van der Waals surface area contributed by atoms with E-state index in [0.717, 1.165) is 10.9 Å². The van der Waals surface area contributed by atoms with Crippen LogP contribution in [0.1, 0.15) is 30.9 Å². The normalized spacial score (nSPS) is 12.0. The highest BCUT2D eigenvalue weighted by atomic mass is 16.5. The lowest BCUT2D eigenvalue weighted by Crippen LogP contribution is -2.40. The summed E-state index contributed by atoms with van der Waals surface area (Å²) in [5.74, 6) is -0.907. The number of hydrogen-bond acceptors (Lipinski definition) is 5. The van der Waals surface area contributed by atoms with Gasteiger partial charge in [0.1, 0.15) is 17.4 Å². The standard InChI is InChI=1S/C18H21NO6/c1-4-14(17(21)22)19-16(20)8-7-13-10(2)12-6-5-11(24-3)9-15(12)25-18(13)23/h5-6,9,14H,4,7-8H2,1-3H3,(H,19,20)(H,21,22)/t14-/m1/s1. The van der Waals surface area contributed by atoms with Gasteiger partial charge >= 0.3 is 11.6 Å². The maximum absolute atomic E-state index is 12.2. The van der Waals surface area contributed by atoms with Crippen LogP contribution in [0.25, 0.3) is 11.0 Å². The smallest absolute Gasteiger partial charge is 0.339 e. The first-order valence-electron chi connectivity index (χ1n) is 7.99. The topological polar surface area (TPSA) is 106 Å². The summed E-state index contributed by atoms with van der Waals surface area (Å²) in [4.78, 5) is 35.1. The van der Waals surface area contributed by atoms with Crippen molar-refractivity contribution >= 4 is 22.8 Å². The summed E-state index contributed by atoms with van der Waals surface area (Å²) in [5.41, 5.74) is 1.08. The van der Waals surface area contributed by atoms with Crippen LogP contribution in [0, 0.1) is 6.92 Å². The molecule has 0 aliphatic carbocycles. The molecular formula is C18H21NO6. The van der Waals surface area contributed by atoms with Crippen molar-refractivity contribution in [1.82, 2.24) is 5.32 Å². The van der Waals surface area contributed by atoms with Crippen molar-refractivity contribution in [2.75, 3.05) is 7.11 Å². The Labute approximate surface area is 144 Å². The van der Waals surface area contributed by atoms with Gasteiger partial charge in [-0.1, -0.05) is 6.92 Å². The van der Waals surface area contributed by atoms with Gasteiger partial charge in [0.15, 0.2) is 0 Å². The molecule has 7 nitrogen and oxygen atoms in total. The van der Waals surface area contributed by atoms with Gasteiger partial charge in [-0.05, 0) is 37.5 Å². The molecule has 7 heteroatoms. The van der Waals surface area contributed by atoms with Crippen molar-refractivity contribution in [3.05, 3.63) is 39.7 Å². The first-order valence-corrected chi connectivity index (χ1v) is 7.99. The Hall–Kier alpha value is -2.83. The molecule has 1 amide bonds. The number of hydrogen-bond donors (Lipinski definition) is 2. The Morgan fingerprint density at radius 1 is 1.36 bits per heavy atom. The largest absolute Gasteiger partial charge is 0.497 e. The average Bonchev–Trinajstić information content (AvgIpc) is 2.58. The van der Waals surface area contributed by atoms with E-state index in [0.29, 0.717) is 23.3 Å². The highest BCUT2D eigenvalue weighted by Crippen LogP contribution is 2.24. The van der Waals surface area contributed by atoms with Crippen molar-refractivity contribution < 1.29 is 23.8 Å². The molecule has 0 unspecified atom stereocenters. The lowest BCUT2D eigenvalue weighted by atomic mass is 10.0. The second-order valence-corrected chi connectivity index (χ2v) is 5.72. The van der Waals surface area contributed by atoms with E-state index in [4.69, 9.17) is 14.3 Å². The van der Waals surface area contributed by atoms with E-state index in [1.54, 1.807) is 32.0 Å². The highest BCUT2D eigenvalue weighted by molar-refractivity contribution is 5.84. The number of aryl methyl sites for hydroxylation is 1. The number of ether oxygens (including phenoxy) is 1. The van der Waals surface area contributed by atoms with Gasteiger partial charge in [-0.2, -0.15) is 0 Å². The molecule has 0 aliphatic rings. The quantitative estimate of drug-likeness (QED) is 0.742. The lowest BCUT2D eigenvalue weighted by molar-refractivity contribution is -0.141. The second-order valence-electron chi connectivity index (χ2n) is 5.72. The minimum atomic E-state index is -1.08. The number of carbonyl (C=O) groups is 2. The molecule has 0 spiro atoms. The minimum Gasteiger partial charge on any atom is -0.497 e. The van der Waals surface area contributed by atoms with Crippen LogP contribution in [0.5, 0.6) is 5.75 Å². The predicted molar refractivity (Wildman–Crippen MR) is 92.0 cm³/mol. The zero-order valence-electron chi connectivity index (χ0n) is 14.4. The number of methoxy groups -OCH3 is 1. The molecular weight excluding hydrogens is 326 g/mol. The van der Waals surface area contributed by atoms with Crippen molar-refractivity contribution in [1.29, 1.82) is 0 Å². The van der Waals surface area contributed by atoms with Gasteiger partial charge in [0.25, 0.3) is 0 Å². The van der Waals surface area contributed by atoms with Gasteiger partial charge in [-0.3, -0.25) is 4.79 Å². The molecule has 1 atom stereocenters. The number of carboxylic acid groups (broad SMARTS) is 1. The summed E-state index contributed by atoms with van der Waals surface area (Å²) in [6.07, 6.45) is 0.481. The Morgan fingerprint density at radius 2 is 2.08 bits per heavy atom. The molecule has 0 radical (unpaired) electrons. The number of rotatable bonds is 7. The molecule has 1 aromatic carbocycles. The fourth-order valence-electron chi connectivity index (χ4n) is 2.63.